The first kappa shape index (κ1) is 9.95. The minimum Gasteiger partial charge on any atom is -0.294 e. The van der Waals surface area contributed by atoms with Crippen molar-refractivity contribution in [1.82, 2.24) is 0 Å². The van der Waals surface area contributed by atoms with Crippen LogP contribution in [0.15, 0.2) is 12.2 Å². The van der Waals surface area contributed by atoms with Crippen LogP contribution in [0, 0.1) is 23.7 Å². The molecule has 0 spiro atoms. The third-order valence-corrected chi connectivity index (χ3v) is 3.90. The summed E-state index contributed by atoms with van der Waals surface area (Å²) in [6.45, 7) is 7.61. The van der Waals surface area contributed by atoms with Gasteiger partial charge in [0.25, 0.3) is 0 Å². The highest BCUT2D eigenvalue weighted by Gasteiger charge is 2.45. The highest BCUT2D eigenvalue weighted by Crippen LogP contribution is 2.55. The highest BCUT2D eigenvalue weighted by molar-refractivity contribution is 5.95. The normalized spacial score (nSPS) is 36.3. The first-order valence-corrected chi connectivity index (χ1v) is 5.77. The maximum absolute atomic E-state index is 11.6. The predicted octanol–water partition coefficient (Wildman–Crippen LogP) is 3.20. The Morgan fingerprint density at radius 3 is 2.43 bits per heavy atom. The maximum Gasteiger partial charge on any atom is 0.160 e. The lowest BCUT2D eigenvalue weighted by atomic mass is 9.88. The quantitative estimate of drug-likeness (QED) is 0.625. The number of fused-ring (bicyclic) bond motifs is 1. The van der Waals surface area contributed by atoms with Crippen LogP contribution in [0.25, 0.3) is 0 Å². The second kappa shape index (κ2) is 3.52. The van der Waals surface area contributed by atoms with Crippen molar-refractivity contribution >= 4 is 5.78 Å². The summed E-state index contributed by atoms with van der Waals surface area (Å²) in [5.41, 5.74) is 0.723. The molecular weight excluding hydrogens is 172 g/mol. The van der Waals surface area contributed by atoms with Crippen LogP contribution in [-0.2, 0) is 4.79 Å². The van der Waals surface area contributed by atoms with Crippen molar-refractivity contribution in [3.05, 3.63) is 12.2 Å². The molecule has 0 radical (unpaired) electrons. The van der Waals surface area contributed by atoms with Crippen molar-refractivity contribution in [3.63, 3.8) is 0 Å². The molecule has 1 unspecified atom stereocenters. The van der Waals surface area contributed by atoms with Crippen LogP contribution < -0.4 is 0 Å². The number of hydrogen-bond acceptors (Lipinski definition) is 1. The zero-order valence-electron chi connectivity index (χ0n) is 9.25. The van der Waals surface area contributed by atoms with Gasteiger partial charge >= 0.3 is 0 Å². The van der Waals surface area contributed by atoms with Gasteiger partial charge in [-0.1, -0.05) is 13.5 Å². The molecule has 2 fully saturated rings. The molecule has 2 rings (SSSR count). The van der Waals surface area contributed by atoms with Crippen LogP contribution >= 0.6 is 0 Å². The van der Waals surface area contributed by atoms with E-state index in [1.165, 1.54) is 19.3 Å². The van der Waals surface area contributed by atoms with Gasteiger partial charge < -0.3 is 0 Å². The molecule has 0 aromatic carbocycles. The van der Waals surface area contributed by atoms with Crippen LogP contribution in [0.5, 0.6) is 0 Å². The van der Waals surface area contributed by atoms with Crippen molar-refractivity contribution in [2.45, 2.75) is 39.5 Å². The lowest BCUT2D eigenvalue weighted by molar-refractivity contribution is -0.119. The Bertz CT molecular complexity index is 256. The summed E-state index contributed by atoms with van der Waals surface area (Å²) in [7, 11) is 0. The summed E-state index contributed by atoms with van der Waals surface area (Å²) in [6, 6.07) is 0. The largest absolute Gasteiger partial charge is 0.294 e. The summed E-state index contributed by atoms with van der Waals surface area (Å²) in [6.07, 6.45) is 5.34. The third kappa shape index (κ3) is 1.92. The molecule has 1 nitrogen and oxygen atoms in total. The van der Waals surface area contributed by atoms with Crippen molar-refractivity contribution in [3.8, 4) is 0 Å². The Hall–Kier alpha value is -0.590. The standard InChI is InChI=1S/C13H20O/c1-8(2)13(14)9(3)4-10-5-11-7-12(11)6-10/h9-12H,1,4-7H2,2-3H3/t9-,10?,11-,12+/m0/s1. The van der Waals surface area contributed by atoms with Crippen LogP contribution in [0.2, 0.25) is 0 Å². The molecule has 78 valence electrons. The van der Waals surface area contributed by atoms with E-state index in [0.29, 0.717) is 0 Å². The molecular formula is C13H20O. The topological polar surface area (TPSA) is 17.1 Å². The second-order valence-electron chi connectivity index (χ2n) is 5.37. The molecule has 0 aromatic rings. The summed E-state index contributed by atoms with van der Waals surface area (Å²) >= 11 is 0. The van der Waals surface area contributed by atoms with Crippen LogP contribution in [0.3, 0.4) is 0 Å². The number of ketones is 1. The van der Waals surface area contributed by atoms with Gasteiger partial charge in [0.05, 0.1) is 0 Å². The van der Waals surface area contributed by atoms with E-state index in [-0.39, 0.29) is 11.7 Å². The number of Topliss-reactive ketones (excluding diaryl/α,β-unsaturated/α-hetero) is 1. The average Bonchev–Trinajstić information content (AvgIpc) is 2.73. The SMILES string of the molecule is C=C(C)C(=O)[C@@H](C)CC1C[C@@H]2C[C@@H]2C1. The lowest BCUT2D eigenvalue weighted by Gasteiger charge is -2.16. The van der Waals surface area contributed by atoms with Crippen LogP contribution in [-0.4, -0.2) is 5.78 Å². The van der Waals surface area contributed by atoms with Crippen molar-refractivity contribution in [2.24, 2.45) is 23.7 Å². The molecule has 14 heavy (non-hydrogen) atoms. The zero-order valence-corrected chi connectivity index (χ0v) is 9.25. The van der Waals surface area contributed by atoms with Crippen LogP contribution in [0.4, 0.5) is 0 Å². The van der Waals surface area contributed by atoms with Crippen LogP contribution in [0.1, 0.15) is 39.5 Å². The summed E-state index contributed by atoms with van der Waals surface area (Å²) in [4.78, 5) is 11.6. The fourth-order valence-electron chi connectivity index (χ4n) is 3.06. The molecule has 0 aliphatic heterocycles. The molecule has 0 amide bonds. The lowest BCUT2D eigenvalue weighted by Crippen LogP contribution is -2.15. The fourth-order valence-corrected chi connectivity index (χ4v) is 3.06. The third-order valence-electron chi connectivity index (χ3n) is 3.90. The molecule has 0 heterocycles. The predicted molar refractivity (Wildman–Crippen MR) is 57.9 cm³/mol. The second-order valence-corrected chi connectivity index (χ2v) is 5.37. The summed E-state index contributed by atoms with van der Waals surface area (Å²) in [5, 5.41) is 0. The molecule has 2 aliphatic carbocycles. The van der Waals surface area contributed by atoms with Crippen molar-refractivity contribution in [1.29, 1.82) is 0 Å². The Morgan fingerprint density at radius 1 is 1.36 bits per heavy atom. The zero-order chi connectivity index (χ0) is 10.3. The van der Waals surface area contributed by atoms with Gasteiger partial charge in [-0.25, -0.2) is 0 Å². The van der Waals surface area contributed by atoms with Gasteiger partial charge in [-0.05, 0) is 55.9 Å². The molecule has 4 atom stereocenters. The van der Waals surface area contributed by atoms with Gasteiger partial charge in [0, 0.05) is 5.92 Å². The molecule has 1 heteroatoms. The first-order chi connectivity index (χ1) is 6.58. The van der Waals surface area contributed by atoms with E-state index in [0.717, 1.165) is 29.7 Å². The number of rotatable bonds is 4. The number of carbonyl (C=O) groups excluding carboxylic acids is 1. The Morgan fingerprint density at radius 2 is 1.93 bits per heavy atom. The van der Waals surface area contributed by atoms with E-state index in [9.17, 15) is 4.79 Å². The number of allylic oxidation sites excluding steroid dienone is 1. The fraction of sp³-hybridized carbons (Fsp3) is 0.769. The van der Waals surface area contributed by atoms with E-state index >= 15 is 0 Å². The van der Waals surface area contributed by atoms with Gasteiger partial charge in [0.2, 0.25) is 0 Å². The molecule has 2 saturated carbocycles. The van der Waals surface area contributed by atoms with Gasteiger partial charge in [0.1, 0.15) is 0 Å². The van der Waals surface area contributed by atoms with Gasteiger partial charge in [-0.3, -0.25) is 4.79 Å². The average molecular weight is 192 g/mol. The smallest absolute Gasteiger partial charge is 0.160 e. The minimum absolute atomic E-state index is 0.204. The summed E-state index contributed by atoms with van der Waals surface area (Å²) < 4.78 is 0. The van der Waals surface area contributed by atoms with E-state index in [1.54, 1.807) is 0 Å². The van der Waals surface area contributed by atoms with Gasteiger partial charge in [-0.15, -0.1) is 0 Å². The minimum atomic E-state index is 0.204. The Kier molecular flexibility index (Phi) is 2.50. The Balaban J connectivity index is 1.79. The van der Waals surface area contributed by atoms with E-state index in [4.69, 9.17) is 0 Å². The first-order valence-electron chi connectivity index (χ1n) is 5.77. The van der Waals surface area contributed by atoms with Crippen molar-refractivity contribution < 1.29 is 4.79 Å². The van der Waals surface area contributed by atoms with Crippen molar-refractivity contribution in [2.75, 3.05) is 0 Å². The van der Waals surface area contributed by atoms with E-state index in [1.807, 2.05) is 6.92 Å². The Labute approximate surface area is 86.6 Å². The van der Waals surface area contributed by atoms with Gasteiger partial charge in [-0.2, -0.15) is 0 Å². The number of hydrogen-bond donors (Lipinski definition) is 0. The molecule has 0 saturated heterocycles. The molecule has 0 aromatic heterocycles. The van der Waals surface area contributed by atoms with E-state index in [2.05, 4.69) is 13.5 Å². The molecule has 0 bridgehead atoms. The maximum atomic E-state index is 11.6. The van der Waals surface area contributed by atoms with E-state index < -0.39 is 0 Å². The monoisotopic (exact) mass is 192 g/mol. The molecule has 0 N–H and O–H groups in total. The van der Waals surface area contributed by atoms with Gasteiger partial charge in [0.15, 0.2) is 5.78 Å². The highest BCUT2D eigenvalue weighted by atomic mass is 16.1. The molecule has 2 aliphatic rings. The number of carbonyl (C=O) groups is 1. The summed E-state index contributed by atoms with van der Waals surface area (Å²) in [5.74, 6) is 3.37.